The van der Waals surface area contributed by atoms with Crippen LogP contribution in [0.25, 0.3) is 11.3 Å². The lowest BCUT2D eigenvalue weighted by Crippen LogP contribution is -2.05. The molecule has 0 saturated heterocycles. The zero-order chi connectivity index (χ0) is 17.6. The van der Waals surface area contributed by atoms with Crippen LogP contribution in [0.15, 0.2) is 66.9 Å². The molecule has 1 aromatic carbocycles. The standard InChI is InChI=1S/C19H18N6/c1-3-15(10-17-8-9-22-19(20)25-17)24-16-6-4-14(5-7-16)18-12-21-11-13(2)23-18/h4-9,11-12,24H,1,10H2,2H3,(H2,20,22,25). The van der Waals surface area contributed by atoms with Crippen LogP contribution in [0.2, 0.25) is 0 Å². The average Bonchev–Trinajstić information content (AvgIpc) is 2.62. The van der Waals surface area contributed by atoms with Crippen LogP contribution >= 0.6 is 0 Å². The number of aryl methyl sites for hydroxylation is 1. The number of nitrogens with two attached hydrogens (primary N) is 1. The van der Waals surface area contributed by atoms with Gasteiger partial charge in [-0.3, -0.25) is 4.98 Å². The zero-order valence-corrected chi connectivity index (χ0v) is 13.9. The van der Waals surface area contributed by atoms with Crippen molar-refractivity contribution in [3.05, 3.63) is 78.3 Å². The Balaban J connectivity index is 1.73. The van der Waals surface area contributed by atoms with Gasteiger partial charge in [-0.25, -0.2) is 15.0 Å². The first-order valence-electron chi connectivity index (χ1n) is 7.76. The molecule has 124 valence electrons. The lowest BCUT2D eigenvalue weighted by Gasteiger charge is -2.10. The number of hydrogen-bond donors (Lipinski definition) is 2. The van der Waals surface area contributed by atoms with Crippen molar-refractivity contribution in [1.29, 1.82) is 0 Å². The third kappa shape index (κ3) is 4.28. The molecule has 0 saturated carbocycles. The van der Waals surface area contributed by atoms with E-state index in [9.17, 15) is 0 Å². The molecule has 3 aromatic rings. The first-order valence-corrected chi connectivity index (χ1v) is 7.76. The zero-order valence-electron chi connectivity index (χ0n) is 13.9. The van der Waals surface area contributed by atoms with Gasteiger partial charge in [-0.2, -0.15) is 0 Å². The fraction of sp³-hybridized carbons (Fsp3) is 0.105. The maximum absolute atomic E-state index is 5.61. The number of nitrogens with zero attached hydrogens (tertiary/aromatic N) is 4. The molecule has 0 aliphatic heterocycles. The number of rotatable bonds is 5. The second kappa shape index (κ2) is 7.38. The van der Waals surface area contributed by atoms with Crippen molar-refractivity contribution in [3.8, 4) is 11.3 Å². The number of aromatic nitrogens is 4. The number of benzene rings is 1. The fourth-order valence-corrected chi connectivity index (χ4v) is 2.34. The topological polar surface area (TPSA) is 89.6 Å². The molecule has 0 bridgehead atoms. The van der Waals surface area contributed by atoms with Gasteiger partial charge in [-0.1, -0.05) is 18.7 Å². The van der Waals surface area contributed by atoms with Gasteiger partial charge >= 0.3 is 0 Å². The normalized spacial score (nSPS) is 10.1. The van der Waals surface area contributed by atoms with Crippen molar-refractivity contribution >= 4 is 11.6 Å². The van der Waals surface area contributed by atoms with Crippen LogP contribution in [0.5, 0.6) is 0 Å². The molecule has 6 nitrogen and oxygen atoms in total. The summed E-state index contributed by atoms with van der Waals surface area (Å²) in [7, 11) is 0. The van der Waals surface area contributed by atoms with E-state index >= 15 is 0 Å². The molecule has 2 aromatic heterocycles. The van der Waals surface area contributed by atoms with Crippen molar-refractivity contribution in [2.75, 3.05) is 11.1 Å². The summed E-state index contributed by atoms with van der Waals surface area (Å²) in [5, 5.41) is 3.29. The van der Waals surface area contributed by atoms with Crippen molar-refractivity contribution < 1.29 is 0 Å². The van der Waals surface area contributed by atoms with E-state index in [1.54, 1.807) is 18.6 Å². The van der Waals surface area contributed by atoms with Gasteiger partial charge in [-0.15, -0.1) is 5.73 Å². The first kappa shape index (κ1) is 16.4. The maximum atomic E-state index is 5.61. The highest BCUT2D eigenvalue weighted by atomic mass is 15.0. The molecule has 0 spiro atoms. The Morgan fingerprint density at radius 1 is 1.16 bits per heavy atom. The molecular weight excluding hydrogens is 312 g/mol. The van der Waals surface area contributed by atoms with Crippen molar-refractivity contribution in [2.45, 2.75) is 13.3 Å². The second-order valence-corrected chi connectivity index (χ2v) is 5.49. The van der Waals surface area contributed by atoms with Gasteiger partial charge in [0.15, 0.2) is 0 Å². The lowest BCUT2D eigenvalue weighted by atomic mass is 10.1. The SMILES string of the molecule is C=C=C(Cc1ccnc(N)n1)Nc1ccc(-c2cncc(C)n2)cc1. The molecule has 0 aliphatic carbocycles. The molecular formula is C19H18N6. The van der Waals surface area contributed by atoms with E-state index in [0.717, 1.165) is 34.0 Å². The Bertz CT molecular complexity index is 927. The van der Waals surface area contributed by atoms with E-state index in [1.807, 2.05) is 37.3 Å². The van der Waals surface area contributed by atoms with Crippen LogP contribution in [-0.2, 0) is 6.42 Å². The summed E-state index contributed by atoms with van der Waals surface area (Å²) < 4.78 is 0. The summed E-state index contributed by atoms with van der Waals surface area (Å²) in [5.74, 6) is 0.254. The third-order valence-corrected chi connectivity index (χ3v) is 3.53. The number of nitrogens with one attached hydrogen (secondary N) is 1. The molecule has 2 heterocycles. The summed E-state index contributed by atoms with van der Waals surface area (Å²) in [6.45, 7) is 5.66. The highest BCUT2D eigenvalue weighted by Crippen LogP contribution is 2.20. The highest BCUT2D eigenvalue weighted by Gasteiger charge is 2.04. The molecule has 0 fully saturated rings. The maximum Gasteiger partial charge on any atom is 0.220 e. The van der Waals surface area contributed by atoms with Crippen molar-refractivity contribution in [2.24, 2.45) is 0 Å². The summed E-state index contributed by atoms with van der Waals surface area (Å²) in [5.41, 5.74) is 13.8. The minimum Gasteiger partial charge on any atom is -0.368 e. The van der Waals surface area contributed by atoms with Gasteiger partial charge in [0, 0.05) is 30.1 Å². The largest absolute Gasteiger partial charge is 0.368 e. The van der Waals surface area contributed by atoms with E-state index in [4.69, 9.17) is 5.73 Å². The van der Waals surface area contributed by atoms with E-state index in [1.165, 1.54) is 0 Å². The summed E-state index contributed by atoms with van der Waals surface area (Å²) >= 11 is 0. The van der Waals surface area contributed by atoms with Crippen LogP contribution in [0, 0.1) is 6.92 Å². The van der Waals surface area contributed by atoms with E-state index in [0.29, 0.717) is 6.42 Å². The van der Waals surface area contributed by atoms with Crippen LogP contribution < -0.4 is 11.1 Å². The molecule has 3 rings (SSSR count). The Labute approximate surface area is 146 Å². The molecule has 25 heavy (non-hydrogen) atoms. The minimum atomic E-state index is 0.254. The molecule has 3 N–H and O–H groups in total. The molecule has 0 atom stereocenters. The summed E-state index contributed by atoms with van der Waals surface area (Å²) in [4.78, 5) is 16.7. The summed E-state index contributed by atoms with van der Waals surface area (Å²) in [6, 6.07) is 9.76. The smallest absolute Gasteiger partial charge is 0.220 e. The second-order valence-electron chi connectivity index (χ2n) is 5.49. The van der Waals surface area contributed by atoms with Gasteiger partial charge in [0.1, 0.15) is 0 Å². The fourth-order valence-electron chi connectivity index (χ4n) is 2.34. The highest BCUT2D eigenvalue weighted by molar-refractivity contribution is 5.63. The van der Waals surface area contributed by atoms with Crippen LogP contribution in [0.4, 0.5) is 11.6 Å². The molecule has 0 aliphatic rings. The lowest BCUT2D eigenvalue weighted by molar-refractivity contribution is 1.03. The third-order valence-electron chi connectivity index (χ3n) is 3.53. The van der Waals surface area contributed by atoms with Crippen molar-refractivity contribution in [1.82, 2.24) is 19.9 Å². The van der Waals surface area contributed by atoms with Crippen LogP contribution in [0.3, 0.4) is 0 Å². The Hall–Kier alpha value is -3.50. The molecule has 0 amide bonds. The molecule has 6 heteroatoms. The van der Waals surface area contributed by atoms with Gasteiger partial charge in [0.2, 0.25) is 5.95 Å². The number of anilines is 2. The number of allylic oxidation sites excluding steroid dienone is 1. The Morgan fingerprint density at radius 2 is 1.96 bits per heavy atom. The van der Waals surface area contributed by atoms with Crippen LogP contribution in [0.1, 0.15) is 11.4 Å². The summed E-state index contributed by atoms with van der Waals surface area (Å²) in [6.07, 6.45) is 5.67. The van der Waals surface area contributed by atoms with Gasteiger partial charge in [0.25, 0.3) is 0 Å². The predicted molar refractivity (Wildman–Crippen MR) is 98.6 cm³/mol. The Morgan fingerprint density at radius 3 is 2.64 bits per heavy atom. The first-order chi connectivity index (χ1) is 12.1. The minimum absolute atomic E-state index is 0.254. The quantitative estimate of drug-likeness (QED) is 0.699. The van der Waals surface area contributed by atoms with E-state index in [-0.39, 0.29) is 5.95 Å². The number of nitrogen functional groups attached to an aromatic ring is 1. The van der Waals surface area contributed by atoms with Gasteiger partial charge in [-0.05, 0) is 25.1 Å². The van der Waals surface area contributed by atoms with Gasteiger partial charge < -0.3 is 11.1 Å². The predicted octanol–water partition coefficient (Wildman–Crippen LogP) is 3.15. The average molecular weight is 330 g/mol. The van der Waals surface area contributed by atoms with Gasteiger partial charge in [0.05, 0.1) is 29.0 Å². The van der Waals surface area contributed by atoms with E-state index in [2.05, 4.69) is 37.6 Å². The molecule has 0 unspecified atom stereocenters. The van der Waals surface area contributed by atoms with Crippen LogP contribution in [-0.4, -0.2) is 19.9 Å². The van der Waals surface area contributed by atoms with Crippen molar-refractivity contribution in [3.63, 3.8) is 0 Å². The Kier molecular flexibility index (Phi) is 4.83. The number of hydrogen-bond acceptors (Lipinski definition) is 6. The van der Waals surface area contributed by atoms with E-state index < -0.39 is 0 Å². The molecule has 0 radical (unpaired) electrons. The monoisotopic (exact) mass is 330 g/mol.